The van der Waals surface area contributed by atoms with Crippen molar-refractivity contribution in [3.05, 3.63) is 0 Å². The van der Waals surface area contributed by atoms with Gasteiger partial charge in [0.15, 0.2) is 6.54 Å². The van der Waals surface area contributed by atoms with E-state index in [1.165, 1.54) is 4.90 Å². The number of quaternary nitrogens is 1. The average molecular weight is 165 g/mol. The Labute approximate surface area is 54.5 Å². The Balaban J connectivity index is 0. The van der Waals surface area contributed by atoms with Gasteiger partial charge in [0.05, 0.1) is 14.1 Å². The molecule has 0 rings (SSSR count). The zero-order valence-corrected chi connectivity index (χ0v) is 6.12. The highest BCUT2D eigenvalue weighted by atomic mass is 79.9. The van der Waals surface area contributed by atoms with Gasteiger partial charge in [-0.25, -0.2) is 0 Å². The van der Waals surface area contributed by atoms with Crippen LogP contribution in [0, 0.1) is 11.3 Å². The molecule has 42 valence electrons. The van der Waals surface area contributed by atoms with E-state index in [1.54, 1.807) is 0 Å². The summed E-state index contributed by atoms with van der Waals surface area (Å²) < 4.78 is 0. The van der Waals surface area contributed by atoms with E-state index in [1.807, 2.05) is 20.2 Å². The predicted octanol–water partition coefficient (Wildman–Crippen LogP) is -4.34. The molecule has 0 saturated carbocycles. The fraction of sp³-hybridized carbons (Fsp3) is 0.750. The number of hydrogen-bond acceptors (Lipinski definition) is 1. The van der Waals surface area contributed by atoms with Crippen LogP contribution in [0.15, 0.2) is 0 Å². The van der Waals surface area contributed by atoms with Crippen molar-refractivity contribution in [1.82, 2.24) is 0 Å². The molecular formula is C4H9BrN2. The van der Waals surface area contributed by atoms with E-state index in [2.05, 4.69) is 0 Å². The lowest BCUT2D eigenvalue weighted by Gasteiger charge is -1.95. The summed E-state index contributed by atoms with van der Waals surface area (Å²) in [4.78, 5) is 1.18. The second kappa shape index (κ2) is 5.93. The first-order valence-corrected chi connectivity index (χ1v) is 1.93. The van der Waals surface area contributed by atoms with Crippen molar-refractivity contribution in [3.8, 4) is 6.07 Å². The topological polar surface area (TPSA) is 28.2 Å². The summed E-state index contributed by atoms with van der Waals surface area (Å²) in [6, 6.07) is 2.03. The SMILES string of the molecule is C[NH+](C)CC#N.[Br-]. The maximum atomic E-state index is 7.97. The highest BCUT2D eigenvalue weighted by Crippen LogP contribution is 1.29. The second-order valence-electron chi connectivity index (χ2n) is 1.54. The molecule has 0 spiro atoms. The summed E-state index contributed by atoms with van der Waals surface area (Å²) >= 11 is 0. The maximum absolute atomic E-state index is 7.97. The van der Waals surface area contributed by atoms with Crippen LogP contribution in [-0.4, -0.2) is 20.6 Å². The highest BCUT2D eigenvalue weighted by Gasteiger charge is 1.82. The summed E-state index contributed by atoms with van der Waals surface area (Å²) in [5.41, 5.74) is 0. The third-order valence-corrected chi connectivity index (χ3v) is 0.433. The summed E-state index contributed by atoms with van der Waals surface area (Å²) in [7, 11) is 3.90. The van der Waals surface area contributed by atoms with Crippen molar-refractivity contribution in [2.45, 2.75) is 0 Å². The van der Waals surface area contributed by atoms with E-state index in [-0.39, 0.29) is 17.0 Å². The number of nitrogens with one attached hydrogen (secondary N) is 1. The van der Waals surface area contributed by atoms with E-state index in [4.69, 9.17) is 5.26 Å². The molecule has 0 bridgehead atoms. The third kappa shape index (κ3) is 10.7. The Kier molecular flexibility index (Phi) is 8.49. The van der Waals surface area contributed by atoms with Gasteiger partial charge < -0.3 is 21.9 Å². The number of nitriles is 1. The Morgan fingerprint density at radius 3 is 2.00 bits per heavy atom. The molecule has 7 heavy (non-hydrogen) atoms. The van der Waals surface area contributed by atoms with Crippen LogP contribution >= 0.6 is 0 Å². The fourth-order valence-corrected chi connectivity index (χ4v) is 0.158. The molecule has 1 N–H and O–H groups in total. The quantitative estimate of drug-likeness (QED) is 0.391. The summed E-state index contributed by atoms with van der Waals surface area (Å²) in [5.74, 6) is 0. The largest absolute Gasteiger partial charge is 1.00 e. The van der Waals surface area contributed by atoms with Crippen LogP contribution in [0.1, 0.15) is 0 Å². The second-order valence-corrected chi connectivity index (χ2v) is 1.54. The Hall–Kier alpha value is -0.0700. The van der Waals surface area contributed by atoms with Gasteiger partial charge in [-0.15, -0.1) is 0 Å². The molecule has 0 aromatic rings. The molecule has 0 fully saturated rings. The van der Waals surface area contributed by atoms with Gasteiger partial charge >= 0.3 is 0 Å². The standard InChI is InChI=1S/C4H8N2.BrH/c1-6(2)4-3-5;/h4H2,1-2H3;1H. The van der Waals surface area contributed by atoms with E-state index in [9.17, 15) is 0 Å². The minimum Gasteiger partial charge on any atom is -1.00 e. The predicted molar refractivity (Wildman–Crippen MR) is 23.3 cm³/mol. The molecule has 0 aromatic heterocycles. The maximum Gasteiger partial charge on any atom is 0.164 e. The minimum atomic E-state index is 0. The minimum absolute atomic E-state index is 0. The fourth-order valence-electron chi connectivity index (χ4n) is 0.158. The van der Waals surface area contributed by atoms with Crippen molar-refractivity contribution < 1.29 is 21.9 Å². The first-order chi connectivity index (χ1) is 2.77. The van der Waals surface area contributed by atoms with Crippen molar-refractivity contribution >= 4 is 0 Å². The molecule has 0 unspecified atom stereocenters. The van der Waals surface area contributed by atoms with Crippen LogP contribution in [0.2, 0.25) is 0 Å². The molecule has 0 aliphatic heterocycles. The lowest BCUT2D eigenvalue weighted by Crippen LogP contribution is -3.05. The number of hydrogen-bond donors (Lipinski definition) is 1. The number of halogens is 1. The van der Waals surface area contributed by atoms with E-state index >= 15 is 0 Å². The van der Waals surface area contributed by atoms with Crippen LogP contribution in [-0.2, 0) is 0 Å². The Morgan fingerprint density at radius 2 is 2.00 bits per heavy atom. The van der Waals surface area contributed by atoms with Crippen molar-refractivity contribution in [2.24, 2.45) is 0 Å². The van der Waals surface area contributed by atoms with Crippen LogP contribution in [0.4, 0.5) is 0 Å². The average Bonchev–Trinajstić information content (AvgIpc) is 1.35. The molecule has 0 aliphatic rings. The Bertz CT molecular complexity index is 64.6. The molecule has 0 aromatic carbocycles. The first-order valence-electron chi connectivity index (χ1n) is 1.93. The normalized spacial score (nSPS) is 7.14. The summed E-state index contributed by atoms with van der Waals surface area (Å²) in [6.45, 7) is 0.597. The van der Waals surface area contributed by atoms with Gasteiger partial charge in [-0.3, -0.25) is 0 Å². The highest BCUT2D eigenvalue weighted by molar-refractivity contribution is 4.63. The van der Waals surface area contributed by atoms with E-state index in [0.717, 1.165) is 0 Å². The monoisotopic (exact) mass is 164 g/mol. The summed E-state index contributed by atoms with van der Waals surface area (Å²) in [5, 5.41) is 7.97. The van der Waals surface area contributed by atoms with Gasteiger partial charge in [0, 0.05) is 0 Å². The van der Waals surface area contributed by atoms with Crippen LogP contribution in [0.5, 0.6) is 0 Å². The van der Waals surface area contributed by atoms with Crippen molar-refractivity contribution in [3.63, 3.8) is 0 Å². The van der Waals surface area contributed by atoms with Gasteiger partial charge in [0.2, 0.25) is 0 Å². The molecular weight excluding hydrogens is 156 g/mol. The van der Waals surface area contributed by atoms with E-state index < -0.39 is 0 Å². The summed E-state index contributed by atoms with van der Waals surface area (Å²) in [6.07, 6.45) is 0. The molecule has 3 heteroatoms. The molecule has 0 amide bonds. The molecule has 0 saturated heterocycles. The number of rotatable bonds is 1. The molecule has 0 atom stereocenters. The number of nitrogens with zero attached hydrogens (tertiary/aromatic N) is 1. The van der Waals surface area contributed by atoms with Gasteiger partial charge in [-0.05, 0) is 0 Å². The van der Waals surface area contributed by atoms with Gasteiger partial charge in [0.1, 0.15) is 6.07 Å². The van der Waals surface area contributed by atoms with Crippen molar-refractivity contribution in [2.75, 3.05) is 20.6 Å². The smallest absolute Gasteiger partial charge is 0.164 e. The van der Waals surface area contributed by atoms with Crippen LogP contribution < -0.4 is 21.9 Å². The van der Waals surface area contributed by atoms with Crippen LogP contribution in [0.3, 0.4) is 0 Å². The van der Waals surface area contributed by atoms with Crippen molar-refractivity contribution in [1.29, 1.82) is 5.26 Å². The molecule has 0 heterocycles. The van der Waals surface area contributed by atoms with Crippen LogP contribution in [0.25, 0.3) is 0 Å². The van der Waals surface area contributed by atoms with Gasteiger partial charge in [0.25, 0.3) is 0 Å². The van der Waals surface area contributed by atoms with E-state index in [0.29, 0.717) is 6.54 Å². The molecule has 2 nitrogen and oxygen atoms in total. The van der Waals surface area contributed by atoms with Gasteiger partial charge in [-0.1, -0.05) is 0 Å². The zero-order valence-electron chi connectivity index (χ0n) is 4.53. The lowest BCUT2D eigenvalue weighted by atomic mass is 10.7. The lowest BCUT2D eigenvalue weighted by molar-refractivity contribution is -0.850. The first kappa shape index (κ1) is 10.0. The molecule has 0 aliphatic carbocycles. The van der Waals surface area contributed by atoms with Gasteiger partial charge in [-0.2, -0.15) is 5.26 Å². The molecule has 0 radical (unpaired) electrons. The Morgan fingerprint density at radius 1 is 1.57 bits per heavy atom. The zero-order chi connectivity index (χ0) is 4.99. The third-order valence-electron chi connectivity index (χ3n) is 0.433.